The van der Waals surface area contributed by atoms with E-state index in [1.807, 2.05) is 12.1 Å². The molecule has 0 N–H and O–H groups in total. The number of rotatable bonds is 4. The number of esters is 2. The third-order valence-corrected chi connectivity index (χ3v) is 2.92. The lowest BCUT2D eigenvalue weighted by Gasteiger charge is -2.07. The van der Waals surface area contributed by atoms with Crippen molar-refractivity contribution in [1.29, 1.82) is 0 Å². The average molecular weight is 278 g/mol. The Kier molecular flexibility index (Phi) is 4.46. The molecule has 2 aromatic rings. The number of hydrogen-bond donors (Lipinski definition) is 0. The first kappa shape index (κ1) is 14.5. The van der Waals surface area contributed by atoms with Gasteiger partial charge in [0.2, 0.25) is 0 Å². The maximum atomic E-state index is 11.9. The predicted octanol–water partition coefficient (Wildman–Crippen LogP) is 3.48. The van der Waals surface area contributed by atoms with Gasteiger partial charge in [0.15, 0.2) is 0 Å². The molecule has 104 valence electrons. The van der Waals surface area contributed by atoms with Gasteiger partial charge in [-0.2, -0.15) is 0 Å². The van der Waals surface area contributed by atoms with Gasteiger partial charge in [-0.05, 0) is 11.1 Å². The molecule has 0 aliphatic carbocycles. The van der Waals surface area contributed by atoms with Crippen LogP contribution in [0.2, 0.25) is 0 Å². The molecule has 0 aliphatic rings. The van der Waals surface area contributed by atoms with Crippen LogP contribution in [0.15, 0.2) is 73.8 Å². The second-order valence-electron chi connectivity index (χ2n) is 4.37. The normalized spacial score (nSPS) is 9.71. The highest BCUT2D eigenvalue weighted by molar-refractivity contribution is 6.25. The van der Waals surface area contributed by atoms with Crippen LogP contribution >= 0.6 is 0 Å². The molecule has 0 radical (unpaired) electrons. The van der Waals surface area contributed by atoms with Crippen LogP contribution in [0.1, 0.15) is 11.1 Å². The highest BCUT2D eigenvalue weighted by Crippen LogP contribution is 2.17. The summed E-state index contributed by atoms with van der Waals surface area (Å²) in [4.78, 5) is 23.8. The van der Waals surface area contributed by atoms with E-state index in [1.165, 1.54) is 0 Å². The SMILES string of the molecule is C=C(C(=O)OC(=O)C(=C)c1ccccc1)c1ccccc1. The first-order chi connectivity index (χ1) is 10.1. The fraction of sp³-hybridized carbons (Fsp3) is 0. The molecule has 0 saturated heterocycles. The fourth-order valence-corrected chi connectivity index (χ4v) is 1.72. The molecule has 0 atom stereocenters. The highest BCUT2D eigenvalue weighted by Gasteiger charge is 2.18. The van der Waals surface area contributed by atoms with E-state index in [0.29, 0.717) is 11.1 Å². The Balaban J connectivity index is 2.05. The van der Waals surface area contributed by atoms with Crippen molar-refractivity contribution in [2.75, 3.05) is 0 Å². The van der Waals surface area contributed by atoms with Gasteiger partial charge in [-0.25, -0.2) is 9.59 Å². The molecule has 2 rings (SSSR count). The average Bonchev–Trinajstić information content (AvgIpc) is 2.55. The van der Waals surface area contributed by atoms with E-state index in [1.54, 1.807) is 48.5 Å². The lowest BCUT2D eigenvalue weighted by Crippen LogP contribution is -2.14. The van der Waals surface area contributed by atoms with Crippen LogP contribution in [0.25, 0.3) is 11.1 Å². The molecular formula is C18H14O3. The summed E-state index contributed by atoms with van der Waals surface area (Å²) in [6, 6.07) is 17.6. The molecule has 0 unspecified atom stereocenters. The van der Waals surface area contributed by atoms with Gasteiger partial charge in [-0.1, -0.05) is 73.8 Å². The summed E-state index contributed by atoms with van der Waals surface area (Å²) >= 11 is 0. The second-order valence-corrected chi connectivity index (χ2v) is 4.37. The number of carbonyl (C=O) groups excluding carboxylic acids is 2. The topological polar surface area (TPSA) is 43.4 Å². The van der Waals surface area contributed by atoms with Crippen LogP contribution in [-0.4, -0.2) is 11.9 Å². The Morgan fingerprint density at radius 1 is 0.667 bits per heavy atom. The molecule has 0 aromatic heterocycles. The summed E-state index contributed by atoms with van der Waals surface area (Å²) in [5, 5.41) is 0. The van der Waals surface area contributed by atoms with E-state index in [4.69, 9.17) is 4.74 Å². The summed E-state index contributed by atoms with van der Waals surface area (Å²) < 4.78 is 4.81. The van der Waals surface area contributed by atoms with Crippen molar-refractivity contribution >= 4 is 23.1 Å². The summed E-state index contributed by atoms with van der Waals surface area (Å²) in [6.45, 7) is 7.31. The van der Waals surface area contributed by atoms with Gasteiger partial charge in [-0.3, -0.25) is 0 Å². The molecule has 0 fully saturated rings. The number of hydrogen-bond acceptors (Lipinski definition) is 3. The minimum atomic E-state index is -0.775. The molecule has 0 aliphatic heterocycles. The van der Waals surface area contributed by atoms with Crippen molar-refractivity contribution in [3.05, 3.63) is 84.9 Å². The standard InChI is InChI=1S/C18H14O3/c1-13(15-9-5-3-6-10-15)17(19)21-18(20)14(2)16-11-7-4-8-12-16/h3-12H,1-2H2. The van der Waals surface area contributed by atoms with Crippen LogP contribution in [0, 0.1) is 0 Å². The Morgan fingerprint density at radius 3 is 1.33 bits per heavy atom. The number of ether oxygens (including phenoxy) is 1. The van der Waals surface area contributed by atoms with Crippen LogP contribution in [0.5, 0.6) is 0 Å². The lowest BCUT2D eigenvalue weighted by atomic mass is 10.1. The van der Waals surface area contributed by atoms with Gasteiger partial charge in [0, 0.05) is 0 Å². The van der Waals surface area contributed by atoms with Crippen molar-refractivity contribution < 1.29 is 14.3 Å². The maximum absolute atomic E-state index is 11.9. The zero-order valence-corrected chi connectivity index (χ0v) is 11.4. The van der Waals surface area contributed by atoms with Gasteiger partial charge in [0.25, 0.3) is 0 Å². The zero-order chi connectivity index (χ0) is 15.2. The van der Waals surface area contributed by atoms with Gasteiger partial charge < -0.3 is 4.74 Å². The molecule has 0 heterocycles. The molecule has 0 saturated carbocycles. The van der Waals surface area contributed by atoms with E-state index in [2.05, 4.69) is 13.2 Å². The number of benzene rings is 2. The lowest BCUT2D eigenvalue weighted by molar-refractivity contribution is -0.151. The molecule has 3 heteroatoms. The van der Waals surface area contributed by atoms with Crippen molar-refractivity contribution in [1.82, 2.24) is 0 Å². The smallest absolute Gasteiger partial charge is 0.346 e. The minimum Gasteiger partial charge on any atom is -0.386 e. The largest absolute Gasteiger partial charge is 0.386 e. The first-order valence-corrected chi connectivity index (χ1v) is 6.34. The van der Waals surface area contributed by atoms with Crippen LogP contribution in [0.4, 0.5) is 0 Å². The number of carbonyl (C=O) groups is 2. The summed E-state index contributed by atoms with van der Waals surface area (Å²) in [5.74, 6) is -1.55. The Morgan fingerprint density at radius 2 is 1.00 bits per heavy atom. The van der Waals surface area contributed by atoms with Gasteiger partial charge in [0.05, 0.1) is 11.1 Å². The molecule has 21 heavy (non-hydrogen) atoms. The molecule has 0 spiro atoms. The summed E-state index contributed by atoms with van der Waals surface area (Å²) in [5.41, 5.74) is 1.48. The molecule has 2 aromatic carbocycles. The first-order valence-electron chi connectivity index (χ1n) is 6.34. The molecule has 0 amide bonds. The Bertz CT molecular complexity index is 623. The van der Waals surface area contributed by atoms with Crippen LogP contribution < -0.4 is 0 Å². The Labute approximate surface area is 123 Å². The van der Waals surface area contributed by atoms with E-state index in [0.717, 1.165) is 0 Å². The summed E-state index contributed by atoms with van der Waals surface area (Å²) in [7, 11) is 0. The van der Waals surface area contributed by atoms with Gasteiger partial charge in [-0.15, -0.1) is 0 Å². The van der Waals surface area contributed by atoms with E-state index in [-0.39, 0.29) is 11.1 Å². The van der Waals surface area contributed by atoms with Crippen molar-refractivity contribution in [3.8, 4) is 0 Å². The maximum Gasteiger partial charge on any atom is 0.346 e. The van der Waals surface area contributed by atoms with Crippen molar-refractivity contribution in [3.63, 3.8) is 0 Å². The molecule has 0 bridgehead atoms. The van der Waals surface area contributed by atoms with E-state index >= 15 is 0 Å². The van der Waals surface area contributed by atoms with Crippen LogP contribution in [-0.2, 0) is 14.3 Å². The minimum absolute atomic E-state index is 0.129. The third kappa shape index (κ3) is 3.54. The molecule has 3 nitrogen and oxygen atoms in total. The highest BCUT2D eigenvalue weighted by atomic mass is 16.6. The second kappa shape index (κ2) is 6.48. The van der Waals surface area contributed by atoms with Gasteiger partial charge >= 0.3 is 11.9 Å². The predicted molar refractivity (Wildman–Crippen MR) is 82.1 cm³/mol. The van der Waals surface area contributed by atoms with E-state index < -0.39 is 11.9 Å². The quantitative estimate of drug-likeness (QED) is 0.488. The van der Waals surface area contributed by atoms with Crippen LogP contribution in [0.3, 0.4) is 0 Å². The van der Waals surface area contributed by atoms with E-state index in [9.17, 15) is 9.59 Å². The third-order valence-electron chi connectivity index (χ3n) is 2.92. The molecular weight excluding hydrogens is 264 g/mol. The van der Waals surface area contributed by atoms with Crippen molar-refractivity contribution in [2.24, 2.45) is 0 Å². The summed E-state index contributed by atoms with van der Waals surface area (Å²) in [6.07, 6.45) is 0. The zero-order valence-electron chi connectivity index (χ0n) is 11.4. The Hall–Kier alpha value is -2.94. The fourth-order valence-electron chi connectivity index (χ4n) is 1.72. The van der Waals surface area contributed by atoms with Gasteiger partial charge in [0.1, 0.15) is 0 Å². The monoisotopic (exact) mass is 278 g/mol. The van der Waals surface area contributed by atoms with Crippen molar-refractivity contribution in [2.45, 2.75) is 0 Å².